The van der Waals surface area contributed by atoms with E-state index in [2.05, 4.69) is 9.97 Å². The van der Waals surface area contributed by atoms with E-state index in [0.29, 0.717) is 16.9 Å². The summed E-state index contributed by atoms with van der Waals surface area (Å²) in [6, 6.07) is 5.00. The van der Waals surface area contributed by atoms with Gasteiger partial charge < -0.3 is 10.0 Å². The molecule has 1 aromatic carbocycles. The fourth-order valence-electron chi connectivity index (χ4n) is 1.45. The molecule has 0 saturated carbocycles. The number of nitrogens with zero attached hydrogens (tertiary/aromatic N) is 3. The Bertz CT molecular complexity index is 552. The maximum absolute atomic E-state index is 11.0. The van der Waals surface area contributed by atoms with Gasteiger partial charge in [0.05, 0.1) is 11.1 Å². The van der Waals surface area contributed by atoms with E-state index >= 15 is 0 Å². The average Bonchev–Trinajstić information content (AvgIpc) is 2.27. The molecule has 5 nitrogen and oxygen atoms in total. The molecule has 0 atom stereocenters. The Balaban J connectivity index is 2.69. The van der Waals surface area contributed by atoms with E-state index < -0.39 is 5.97 Å². The second kappa shape index (κ2) is 3.77. The molecule has 0 radical (unpaired) electrons. The number of anilines is 1. The molecule has 0 fully saturated rings. The van der Waals surface area contributed by atoms with E-state index in [9.17, 15) is 4.79 Å². The molecule has 0 aliphatic carbocycles. The van der Waals surface area contributed by atoms with Crippen molar-refractivity contribution in [2.75, 3.05) is 19.0 Å². The molecule has 1 N–H and O–H groups in total. The Morgan fingerprint density at radius 2 is 2.12 bits per heavy atom. The first-order valence-electron chi connectivity index (χ1n) is 4.76. The zero-order chi connectivity index (χ0) is 11.7. The maximum Gasteiger partial charge on any atom is 0.336 e. The van der Waals surface area contributed by atoms with Crippen molar-refractivity contribution in [3.05, 3.63) is 30.0 Å². The summed E-state index contributed by atoms with van der Waals surface area (Å²) in [6.45, 7) is 0. The minimum absolute atomic E-state index is 0.225. The van der Waals surface area contributed by atoms with Gasteiger partial charge in [-0.3, -0.25) is 0 Å². The molecule has 82 valence electrons. The quantitative estimate of drug-likeness (QED) is 0.823. The number of hydrogen-bond donors (Lipinski definition) is 1. The molecule has 0 spiro atoms. The predicted octanol–water partition coefficient (Wildman–Crippen LogP) is 1.39. The highest BCUT2D eigenvalue weighted by atomic mass is 16.4. The van der Waals surface area contributed by atoms with E-state index in [-0.39, 0.29) is 5.56 Å². The van der Waals surface area contributed by atoms with Crippen LogP contribution in [0.25, 0.3) is 10.9 Å². The Kier molecular flexibility index (Phi) is 2.44. The van der Waals surface area contributed by atoms with E-state index in [1.165, 1.54) is 0 Å². The number of benzene rings is 1. The van der Waals surface area contributed by atoms with Crippen LogP contribution in [0.4, 0.5) is 5.95 Å². The molecule has 2 rings (SSSR count). The highest BCUT2D eigenvalue weighted by Gasteiger charge is 2.10. The Hall–Kier alpha value is -2.17. The summed E-state index contributed by atoms with van der Waals surface area (Å²) < 4.78 is 0. The smallest absolute Gasteiger partial charge is 0.336 e. The lowest BCUT2D eigenvalue weighted by Gasteiger charge is -2.10. The van der Waals surface area contributed by atoms with Gasteiger partial charge in [-0.15, -0.1) is 0 Å². The van der Waals surface area contributed by atoms with Crippen molar-refractivity contribution < 1.29 is 9.90 Å². The molecule has 0 unspecified atom stereocenters. The van der Waals surface area contributed by atoms with Crippen molar-refractivity contribution in [2.24, 2.45) is 0 Å². The monoisotopic (exact) mass is 217 g/mol. The summed E-state index contributed by atoms with van der Waals surface area (Å²) in [5, 5.41) is 9.55. The standard InChI is InChI=1S/C11H11N3O2/c1-14(2)11-12-6-8-7(10(15)16)4-3-5-9(8)13-11/h3-6H,1-2H3,(H,15,16). The van der Waals surface area contributed by atoms with Gasteiger partial charge in [-0.1, -0.05) is 6.07 Å². The van der Waals surface area contributed by atoms with Gasteiger partial charge in [0.15, 0.2) is 0 Å². The van der Waals surface area contributed by atoms with Crippen LogP contribution in [0, 0.1) is 0 Å². The van der Waals surface area contributed by atoms with Crippen LogP contribution in [0.3, 0.4) is 0 Å². The Morgan fingerprint density at radius 1 is 1.38 bits per heavy atom. The molecular weight excluding hydrogens is 206 g/mol. The second-order valence-electron chi connectivity index (χ2n) is 3.61. The minimum atomic E-state index is -0.966. The lowest BCUT2D eigenvalue weighted by molar-refractivity contribution is 0.0699. The number of aromatic carboxylic acids is 1. The van der Waals surface area contributed by atoms with Gasteiger partial charge in [-0.05, 0) is 12.1 Å². The maximum atomic E-state index is 11.0. The first-order chi connectivity index (χ1) is 7.59. The van der Waals surface area contributed by atoms with Crippen LogP contribution in [0.15, 0.2) is 24.4 Å². The molecule has 2 aromatic rings. The van der Waals surface area contributed by atoms with Gasteiger partial charge >= 0.3 is 5.97 Å². The number of aromatic nitrogens is 2. The number of rotatable bonds is 2. The van der Waals surface area contributed by atoms with Crippen molar-refractivity contribution in [3.63, 3.8) is 0 Å². The van der Waals surface area contributed by atoms with Crippen molar-refractivity contribution in [1.29, 1.82) is 0 Å². The molecule has 0 aliphatic rings. The molecule has 16 heavy (non-hydrogen) atoms. The van der Waals surface area contributed by atoms with E-state index in [1.807, 2.05) is 14.1 Å². The highest BCUT2D eigenvalue weighted by molar-refractivity contribution is 6.02. The van der Waals surface area contributed by atoms with Crippen LogP contribution >= 0.6 is 0 Å². The zero-order valence-electron chi connectivity index (χ0n) is 9.01. The Labute approximate surface area is 92.4 Å². The Morgan fingerprint density at radius 3 is 2.75 bits per heavy atom. The lowest BCUT2D eigenvalue weighted by Crippen LogP contribution is -2.12. The normalized spacial score (nSPS) is 10.4. The van der Waals surface area contributed by atoms with Crippen LogP contribution in [-0.4, -0.2) is 35.1 Å². The topological polar surface area (TPSA) is 66.3 Å². The molecule has 0 bridgehead atoms. The average molecular weight is 217 g/mol. The summed E-state index contributed by atoms with van der Waals surface area (Å²) in [6.07, 6.45) is 1.54. The van der Waals surface area contributed by atoms with Crippen LogP contribution in [0.1, 0.15) is 10.4 Å². The fraction of sp³-hybridized carbons (Fsp3) is 0.182. The molecule has 0 saturated heterocycles. The molecule has 1 aromatic heterocycles. The molecule has 0 aliphatic heterocycles. The number of carbonyl (C=O) groups is 1. The van der Waals surface area contributed by atoms with E-state index in [4.69, 9.17) is 5.11 Å². The van der Waals surface area contributed by atoms with Crippen LogP contribution in [-0.2, 0) is 0 Å². The number of hydrogen-bond acceptors (Lipinski definition) is 4. The largest absolute Gasteiger partial charge is 0.478 e. The van der Waals surface area contributed by atoms with E-state index in [1.54, 1.807) is 29.3 Å². The van der Waals surface area contributed by atoms with Crippen LogP contribution in [0.2, 0.25) is 0 Å². The summed E-state index contributed by atoms with van der Waals surface area (Å²) in [5.41, 5.74) is 0.862. The number of carboxylic acids is 1. The fourth-order valence-corrected chi connectivity index (χ4v) is 1.45. The van der Waals surface area contributed by atoms with Gasteiger partial charge in [-0.2, -0.15) is 0 Å². The summed E-state index contributed by atoms with van der Waals surface area (Å²) >= 11 is 0. The summed E-state index contributed by atoms with van der Waals surface area (Å²) in [4.78, 5) is 21.1. The molecule has 1 heterocycles. The summed E-state index contributed by atoms with van der Waals surface area (Å²) in [5.74, 6) is -0.401. The number of fused-ring (bicyclic) bond motifs is 1. The highest BCUT2D eigenvalue weighted by Crippen LogP contribution is 2.18. The first kappa shape index (κ1) is 10.4. The van der Waals surface area contributed by atoms with E-state index in [0.717, 1.165) is 0 Å². The van der Waals surface area contributed by atoms with Gasteiger partial charge in [0, 0.05) is 25.7 Å². The second-order valence-corrected chi connectivity index (χ2v) is 3.61. The molecular formula is C11H11N3O2. The van der Waals surface area contributed by atoms with Crippen LogP contribution in [0.5, 0.6) is 0 Å². The first-order valence-corrected chi connectivity index (χ1v) is 4.76. The SMILES string of the molecule is CN(C)c1ncc2c(C(=O)O)cccc2n1. The molecule has 5 heteroatoms. The lowest BCUT2D eigenvalue weighted by atomic mass is 10.1. The van der Waals surface area contributed by atoms with Crippen molar-refractivity contribution in [2.45, 2.75) is 0 Å². The summed E-state index contributed by atoms with van der Waals surface area (Å²) in [7, 11) is 3.67. The van der Waals surface area contributed by atoms with Gasteiger partial charge in [0.1, 0.15) is 0 Å². The van der Waals surface area contributed by atoms with Gasteiger partial charge in [0.2, 0.25) is 5.95 Å². The van der Waals surface area contributed by atoms with Crippen molar-refractivity contribution >= 4 is 22.8 Å². The predicted molar refractivity (Wildman–Crippen MR) is 60.8 cm³/mol. The third kappa shape index (κ3) is 1.67. The third-order valence-corrected chi connectivity index (χ3v) is 2.24. The number of carboxylic acid groups (broad SMARTS) is 1. The third-order valence-electron chi connectivity index (χ3n) is 2.24. The van der Waals surface area contributed by atoms with Crippen molar-refractivity contribution in [3.8, 4) is 0 Å². The minimum Gasteiger partial charge on any atom is -0.478 e. The molecule has 0 amide bonds. The zero-order valence-corrected chi connectivity index (χ0v) is 9.01. The van der Waals surface area contributed by atoms with Gasteiger partial charge in [-0.25, -0.2) is 14.8 Å². The van der Waals surface area contributed by atoms with Gasteiger partial charge in [0.25, 0.3) is 0 Å². The van der Waals surface area contributed by atoms with Crippen LogP contribution < -0.4 is 4.90 Å². The van der Waals surface area contributed by atoms with Crippen molar-refractivity contribution in [1.82, 2.24) is 9.97 Å².